The Labute approximate surface area is 116 Å². The molecule has 18 heavy (non-hydrogen) atoms. The second-order valence-corrected chi connectivity index (χ2v) is 5.69. The van der Waals surface area contributed by atoms with Crippen LogP contribution in [0, 0.1) is 5.82 Å². The van der Waals surface area contributed by atoms with Crippen LogP contribution in [0.2, 0.25) is 0 Å². The highest BCUT2D eigenvalue weighted by Gasteiger charge is 2.25. The molecular weight excluding hydrogens is 297 g/mol. The minimum atomic E-state index is -0.141. The maximum absolute atomic E-state index is 13.8. The molecule has 1 aromatic carbocycles. The van der Waals surface area contributed by atoms with Gasteiger partial charge in [0.05, 0.1) is 0 Å². The van der Waals surface area contributed by atoms with E-state index in [0.717, 1.165) is 35.8 Å². The Morgan fingerprint density at radius 2 is 2.28 bits per heavy atom. The Bertz CT molecular complexity index is 379. The first-order valence-electron chi connectivity index (χ1n) is 6.50. The summed E-state index contributed by atoms with van der Waals surface area (Å²) in [5.41, 5.74) is 0.744. The Kier molecular flexibility index (Phi) is 5.15. The van der Waals surface area contributed by atoms with Crippen LogP contribution in [0.25, 0.3) is 0 Å². The van der Waals surface area contributed by atoms with Crippen molar-refractivity contribution in [2.75, 3.05) is 13.2 Å². The Hall–Kier alpha value is -0.450. The predicted octanol–water partition coefficient (Wildman–Crippen LogP) is 3.33. The van der Waals surface area contributed by atoms with Crippen LogP contribution in [0.5, 0.6) is 0 Å². The van der Waals surface area contributed by atoms with E-state index in [0.29, 0.717) is 12.6 Å². The Morgan fingerprint density at radius 3 is 3.00 bits per heavy atom. The second-order valence-electron chi connectivity index (χ2n) is 4.83. The van der Waals surface area contributed by atoms with Gasteiger partial charge in [0.15, 0.2) is 0 Å². The first-order valence-corrected chi connectivity index (χ1v) is 7.29. The molecule has 1 saturated heterocycles. The van der Waals surface area contributed by atoms with Crippen molar-refractivity contribution in [3.05, 3.63) is 34.1 Å². The van der Waals surface area contributed by atoms with E-state index in [-0.39, 0.29) is 12.4 Å². The van der Waals surface area contributed by atoms with Crippen molar-refractivity contribution >= 4 is 15.9 Å². The van der Waals surface area contributed by atoms with Gasteiger partial charge in [0.25, 0.3) is 0 Å². The number of aliphatic hydroxyl groups excluding tert-OH is 1. The van der Waals surface area contributed by atoms with E-state index in [9.17, 15) is 4.39 Å². The van der Waals surface area contributed by atoms with Gasteiger partial charge in [-0.3, -0.25) is 4.90 Å². The summed E-state index contributed by atoms with van der Waals surface area (Å²) in [5, 5.41) is 8.90. The zero-order chi connectivity index (χ0) is 13.0. The van der Waals surface area contributed by atoms with E-state index in [1.54, 1.807) is 6.07 Å². The summed E-state index contributed by atoms with van der Waals surface area (Å²) in [6, 6.07) is 5.61. The van der Waals surface area contributed by atoms with Gasteiger partial charge in [-0.2, -0.15) is 0 Å². The van der Waals surface area contributed by atoms with Gasteiger partial charge in [-0.1, -0.05) is 22.0 Å². The first-order chi connectivity index (χ1) is 8.72. The summed E-state index contributed by atoms with van der Waals surface area (Å²) >= 11 is 3.42. The quantitative estimate of drug-likeness (QED) is 0.901. The molecule has 1 heterocycles. The summed E-state index contributed by atoms with van der Waals surface area (Å²) in [5.74, 6) is -0.141. The maximum atomic E-state index is 13.8. The minimum Gasteiger partial charge on any atom is -0.396 e. The van der Waals surface area contributed by atoms with Gasteiger partial charge < -0.3 is 5.11 Å². The number of nitrogens with zero attached hydrogens (tertiary/aromatic N) is 1. The fourth-order valence-corrected chi connectivity index (χ4v) is 3.11. The molecular formula is C14H19BrFNO. The van der Waals surface area contributed by atoms with Gasteiger partial charge in [-0.05, 0) is 44.4 Å². The van der Waals surface area contributed by atoms with Crippen molar-refractivity contribution in [3.63, 3.8) is 0 Å². The number of halogens is 2. The average Bonchev–Trinajstić information content (AvgIpc) is 2.79. The molecule has 0 saturated carbocycles. The van der Waals surface area contributed by atoms with Crippen LogP contribution in [0.4, 0.5) is 4.39 Å². The summed E-state index contributed by atoms with van der Waals surface area (Å²) in [7, 11) is 0. The van der Waals surface area contributed by atoms with Gasteiger partial charge in [-0.25, -0.2) is 4.39 Å². The number of rotatable bonds is 5. The molecule has 0 radical (unpaired) electrons. The van der Waals surface area contributed by atoms with Crippen LogP contribution in [0.3, 0.4) is 0 Å². The van der Waals surface area contributed by atoms with Crippen molar-refractivity contribution in [2.45, 2.75) is 38.3 Å². The number of benzene rings is 1. The normalized spacial score (nSPS) is 20.5. The number of hydrogen-bond acceptors (Lipinski definition) is 2. The maximum Gasteiger partial charge on any atom is 0.128 e. The fraction of sp³-hybridized carbons (Fsp3) is 0.571. The molecule has 0 spiro atoms. The van der Waals surface area contributed by atoms with Crippen LogP contribution in [-0.4, -0.2) is 29.2 Å². The average molecular weight is 316 g/mol. The third-order valence-electron chi connectivity index (χ3n) is 3.62. The first kappa shape index (κ1) is 14.0. The molecule has 0 aliphatic carbocycles. The van der Waals surface area contributed by atoms with Gasteiger partial charge in [0.1, 0.15) is 5.82 Å². The molecule has 1 unspecified atom stereocenters. The Balaban J connectivity index is 2.03. The minimum absolute atomic E-state index is 0.141. The lowest BCUT2D eigenvalue weighted by atomic mass is 10.1. The second kappa shape index (κ2) is 6.64. The van der Waals surface area contributed by atoms with Crippen LogP contribution in [0.1, 0.15) is 31.2 Å². The topological polar surface area (TPSA) is 23.5 Å². The van der Waals surface area contributed by atoms with Crippen molar-refractivity contribution in [2.24, 2.45) is 0 Å². The Morgan fingerprint density at radius 1 is 1.44 bits per heavy atom. The third-order valence-corrected chi connectivity index (χ3v) is 4.36. The van der Waals surface area contributed by atoms with E-state index in [2.05, 4.69) is 20.8 Å². The van der Waals surface area contributed by atoms with E-state index < -0.39 is 0 Å². The molecule has 1 atom stereocenters. The van der Waals surface area contributed by atoms with Gasteiger partial charge in [0.2, 0.25) is 0 Å². The molecule has 2 rings (SSSR count). The molecule has 1 fully saturated rings. The third kappa shape index (κ3) is 3.31. The van der Waals surface area contributed by atoms with Gasteiger partial charge >= 0.3 is 0 Å². The molecule has 1 aromatic rings. The molecule has 100 valence electrons. The summed E-state index contributed by atoms with van der Waals surface area (Å²) in [6.07, 6.45) is 4.16. The van der Waals surface area contributed by atoms with Crippen LogP contribution in [-0.2, 0) is 6.54 Å². The number of hydrogen-bond donors (Lipinski definition) is 1. The van der Waals surface area contributed by atoms with E-state index in [1.807, 2.05) is 6.07 Å². The summed E-state index contributed by atoms with van der Waals surface area (Å²) in [6.45, 7) is 1.92. The van der Waals surface area contributed by atoms with E-state index >= 15 is 0 Å². The highest BCUT2D eigenvalue weighted by Crippen LogP contribution is 2.27. The molecule has 0 aromatic heterocycles. The molecule has 1 N–H and O–H groups in total. The van der Waals surface area contributed by atoms with Crippen molar-refractivity contribution in [1.82, 2.24) is 4.90 Å². The van der Waals surface area contributed by atoms with Gasteiger partial charge in [-0.15, -0.1) is 0 Å². The van der Waals surface area contributed by atoms with Crippen LogP contribution >= 0.6 is 15.9 Å². The zero-order valence-corrected chi connectivity index (χ0v) is 12.0. The number of aliphatic hydroxyl groups is 1. The lowest BCUT2D eigenvalue weighted by molar-refractivity contribution is 0.208. The number of likely N-dealkylation sites (tertiary alicyclic amines) is 1. The molecule has 0 amide bonds. The molecule has 1 aliphatic heterocycles. The highest BCUT2D eigenvalue weighted by molar-refractivity contribution is 9.10. The largest absolute Gasteiger partial charge is 0.396 e. The van der Waals surface area contributed by atoms with Crippen LogP contribution < -0.4 is 0 Å². The highest BCUT2D eigenvalue weighted by atomic mass is 79.9. The molecule has 2 nitrogen and oxygen atoms in total. The lowest BCUT2D eigenvalue weighted by Crippen LogP contribution is -2.29. The van der Waals surface area contributed by atoms with E-state index in [1.165, 1.54) is 12.5 Å². The predicted molar refractivity (Wildman–Crippen MR) is 73.9 cm³/mol. The van der Waals surface area contributed by atoms with Crippen molar-refractivity contribution in [1.29, 1.82) is 0 Å². The van der Waals surface area contributed by atoms with Crippen LogP contribution in [0.15, 0.2) is 22.7 Å². The fourth-order valence-electron chi connectivity index (χ4n) is 2.64. The zero-order valence-electron chi connectivity index (χ0n) is 10.4. The molecule has 0 bridgehead atoms. The monoisotopic (exact) mass is 315 g/mol. The standard InChI is InChI=1S/C14H19BrFNO/c15-13-6-1-7-14(16)12(13)10-17-8-2-4-11(17)5-3-9-18/h1,6-7,11,18H,2-5,8-10H2. The SMILES string of the molecule is OCCCC1CCCN1Cc1c(F)cccc1Br. The molecule has 4 heteroatoms. The summed E-state index contributed by atoms with van der Waals surface area (Å²) < 4.78 is 14.6. The van der Waals surface area contributed by atoms with Crippen molar-refractivity contribution in [3.8, 4) is 0 Å². The van der Waals surface area contributed by atoms with Crippen molar-refractivity contribution < 1.29 is 9.50 Å². The lowest BCUT2D eigenvalue weighted by Gasteiger charge is -2.25. The smallest absolute Gasteiger partial charge is 0.128 e. The van der Waals surface area contributed by atoms with E-state index in [4.69, 9.17) is 5.11 Å². The molecule has 1 aliphatic rings. The van der Waals surface area contributed by atoms with Gasteiger partial charge in [0, 0.05) is 29.2 Å². The summed E-state index contributed by atoms with van der Waals surface area (Å²) in [4.78, 5) is 2.33.